The molecule has 0 aliphatic rings. The summed E-state index contributed by atoms with van der Waals surface area (Å²) in [4.78, 5) is 8.35. The van der Waals surface area contributed by atoms with Crippen molar-refractivity contribution in [1.29, 1.82) is 0 Å². The monoisotopic (exact) mass is 168 g/mol. The number of allylic oxidation sites excluding steroid dienone is 1. The zero-order chi connectivity index (χ0) is 5.41. The van der Waals surface area contributed by atoms with Crippen LogP contribution in [0.1, 0.15) is 0 Å². The normalized spacial score (nSPS) is 4.71. The van der Waals surface area contributed by atoms with E-state index in [1.54, 1.807) is 0 Å². The van der Waals surface area contributed by atoms with E-state index in [0.29, 0.717) is 0 Å². The Labute approximate surface area is 57.7 Å². The van der Waals surface area contributed by atoms with E-state index in [4.69, 9.17) is 9.46 Å². The largest absolute Gasteiger partial charge is 2.00 e. The predicted molar refractivity (Wildman–Crippen MR) is 23.2 cm³/mol. The number of hydrogen-bond donors (Lipinski definition) is 0. The van der Waals surface area contributed by atoms with Crippen molar-refractivity contribution in [3.63, 3.8) is 0 Å². The second kappa shape index (κ2) is 33.5. The van der Waals surface area contributed by atoms with Crippen molar-refractivity contribution in [2.24, 2.45) is 0 Å². The maximum absolute atomic E-state index is 8.35. The summed E-state index contributed by atoms with van der Waals surface area (Å²) in [7, 11) is -1.08. The molecule has 0 atom stereocenters. The van der Waals surface area contributed by atoms with Gasteiger partial charge >= 0.3 is 19.5 Å². The molecule has 0 aromatic rings. The Morgan fingerprint density at radius 2 is 1.86 bits per heavy atom. The van der Waals surface area contributed by atoms with E-state index in [9.17, 15) is 0 Å². The van der Waals surface area contributed by atoms with Gasteiger partial charge in [0.25, 0.3) is 0 Å². The minimum absolute atomic E-state index is 0. The Bertz CT molecular complexity index is 33.9. The summed E-state index contributed by atoms with van der Waals surface area (Å²) >= 11 is 0. The smallest absolute Gasteiger partial charge is 0.772 e. The molecule has 0 spiro atoms. The molecule has 0 saturated heterocycles. The van der Waals surface area contributed by atoms with Crippen molar-refractivity contribution in [2.75, 3.05) is 0 Å². The second-order valence-corrected chi connectivity index (χ2v) is 0.512. The minimum atomic E-state index is -1.08. The molecule has 0 bridgehead atoms. The molecule has 0 fully saturated rings. The van der Waals surface area contributed by atoms with Gasteiger partial charge in [0.1, 0.15) is 0 Å². The van der Waals surface area contributed by atoms with Gasteiger partial charge in [0, 0.05) is 0 Å². The van der Waals surface area contributed by atoms with Crippen molar-refractivity contribution in [2.45, 2.75) is 0 Å². The summed E-state index contributed by atoms with van der Waals surface area (Å²) in [6.07, 6.45) is 1.50. The predicted octanol–water partition coefficient (Wildman–Crippen LogP) is 0.557. The van der Waals surface area contributed by atoms with Gasteiger partial charge in [0.05, 0.1) is 8.69 Å². The molecule has 0 aromatic heterocycles. The summed E-state index contributed by atoms with van der Waals surface area (Å²) in [5.41, 5.74) is 0. The third kappa shape index (κ3) is 1350. The summed E-state index contributed by atoms with van der Waals surface area (Å²) in [5.74, 6) is 0. The summed E-state index contributed by atoms with van der Waals surface area (Å²) in [6.45, 7) is 6.50. The van der Waals surface area contributed by atoms with Crippen LogP contribution in [0.3, 0.4) is 0 Å². The van der Waals surface area contributed by atoms with Crippen molar-refractivity contribution in [1.82, 2.24) is 0 Å². The summed E-state index contributed by atoms with van der Waals surface area (Å²) in [5, 5.41) is 0. The average molecular weight is 169 g/mol. The molecule has 0 radical (unpaired) electrons. The van der Waals surface area contributed by atoms with Gasteiger partial charge in [0.2, 0.25) is 0 Å². The van der Waals surface area contributed by atoms with Crippen molar-refractivity contribution < 1.29 is 28.9 Å². The van der Waals surface area contributed by atoms with Gasteiger partial charge < -0.3 is 4.89 Å². The molecule has 0 saturated carbocycles. The molecule has 2 nitrogen and oxygen atoms in total. The molecule has 4 heteroatoms. The maximum Gasteiger partial charge on any atom is 2.00 e. The zero-order valence-corrected chi connectivity index (χ0v) is 7.82. The van der Waals surface area contributed by atoms with E-state index in [0.717, 1.165) is 0 Å². The third-order valence-corrected chi connectivity index (χ3v) is 0. The maximum atomic E-state index is 8.35. The van der Waals surface area contributed by atoms with E-state index in [1.807, 2.05) is 0 Å². The fourth-order valence-corrected chi connectivity index (χ4v) is 0. The van der Waals surface area contributed by atoms with E-state index >= 15 is 0 Å². The van der Waals surface area contributed by atoms with E-state index in [-0.39, 0.29) is 19.5 Å². The molecule has 0 amide bonds. The quantitative estimate of drug-likeness (QED) is 0.302. The van der Waals surface area contributed by atoms with Gasteiger partial charge in [-0.05, 0) is 0 Å². The van der Waals surface area contributed by atoms with Gasteiger partial charge in [-0.1, -0.05) is 0 Å². The van der Waals surface area contributed by atoms with Crippen LogP contribution in [0.25, 0.3) is 0 Å². The van der Waals surface area contributed by atoms with Crippen LogP contribution in [0.15, 0.2) is 12.7 Å². The molecule has 0 aliphatic heterocycles. The Morgan fingerprint density at radius 1 is 1.86 bits per heavy atom. The molecule has 0 unspecified atom stereocenters. The van der Waals surface area contributed by atoms with Crippen LogP contribution in [0.2, 0.25) is 0 Å². The van der Waals surface area contributed by atoms with Gasteiger partial charge in [-0.3, -0.25) is 4.57 Å². The topological polar surface area (TPSA) is 40.1 Å². The van der Waals surface area contributed by atoms with Gasteiger partial charge in [0.15, 0.2) is 0 Å². The SMILES string of the molecule is C=C[CH2-].O=P[O-].[Zn+2]. The van der Waals surface area contributed by atoms with Crippen LogP contribution in [0.4, 0.5) is 0 Å². The minimum Gasteiger partial charge on any atom is -0.772 e. The van der Waals surface area contributed by atoms with Crippen molar-refractivity contribution in [3.8, 4) is 0 Å². The fourth-order valence-electron chi connectivity index (χ4n) is 0. The van der Waals surface area contributed by atoms with Gasteiger partial charge in [-0.25, -0.2) is 19.6 Å². The molecule has 0 rings (SSSR count). The first-order valence-electron chi connectivity index (χ1n) is 1.18. The number of hydrogen-bond acceptors (Lipinski definition) is 2. The molecule has 0 N–H and O–H groups in total. The van der Waals surface area contributed by atoms with Crippen LogP contribution in [-0.2, 0) is 24.0 Å². The van der Waals surface area contributed by atoms with Crippen molar-refractivity contribution in [3.05, 3.63) is 19.6 Å². The first kappa shape index (κ1) is 15.7. The molecule has 0 aliphatic carbocycles. The number of rotatable bonds is 0. The zero-order valence-electron chi connectivity index (χ0n) is 3.96. The molecular formula is C3H5O2PZn. The van der Waals surface area contributed by atoms with Crippen LogP contribution in [0, 0.1) is 6.92 Å². The van der Waals surface area contributed by atoms with Crippen LogP contribution >= 0.6 is 8.69 Å². The van der Waals surface area contributed by atoms with Gasteiger partial charge in [-0.15, -0.1) is 0 Å². The molecular weight excluding hydrogens is 164 g/mol. The summed E-state index contributed by atoms with van der Waals surface area (Å²) < 4.78 is 8.35. The third-order valence-electron chi connectivity index (χ3n) is 0. The van der Waals surface area contributed by atoms with Crippen LogP contribution in [0.5, 0.6) is 0 Å². The molecule has 0 heterocycles. The fraction of sp³-hybridized carbons (Fsp3) is 0. The average Bonchev–Trinajstić information content (AvgIpc) is 1.39. The van der Waals surface area contributed by atoms with Gasteiger partial charge in [-0.2, -0.15) is 0 Å². The van der Waals surface area contributed by atoms with E-state index < -0.39 is 8.69 Å². The van der Waals surface area contributed by atoms with Crippen LogP contribution < -0.4 is 4.89 Å². The second-order valence-electron chi connectivity index (χ2n) is 0.363. The Kier molecular flexibility index (Phi) is 75.1. The first-order chi connectivity index (χ1) is 2.83. The van der Waals surface area contributed by atoms with Crippen LogP contribution in [-0.4, -0.2) is 0 Å². The Morgan fingerprint density at radius 3 is 1.86 bits per heavy atom. The Hall–Kier alpha value is 0.293. The van der Waals surface area contributed by atoms with E-state index in [1.165, 1.54) is 6.08 Å². The molecule has 36 valence electrons. The Balaban J connectivity index is -0.0000000400. The first-order valence-corrected chi connectivity index (χ1v) is 1.91. The molecule has 7 heavy (non-hydrogen) atoms. The standard InChI is InChI=1S/C3H5.HO2P.Zn/c2*1-3-2;/h3H,1-2H2;(H,1,2);/q-1;;+2/p-1. The van der Waals surface area contributed by atoms with E-state index in [2.05, 4.69) is 13.5 Å². The molecule has 0 aromatic carbocycles. The van der Waals surface area contributed by atoms with Crippen molar-refractivity contribution >= 4 is 8.69 Å². The summed E-state index contributed by atoms with van der Waals surface area (Å²) in [6, 6.07) is 0.